The van der Waals surface area contributed by atoms with Gasteiger partial charge in [0.25, 0.3) is 0 Å². The molecule has 0 aromatic heterocycles. The average molecular weight is 227 g/mol. The second kappa shape index (κ2) is 4.66. The fourth-order valence-corrected chi connectivity index (χ4v) is 3.46. The van der Waals surface area contributed by atoms with Crippen LogP contribution >= 0.6 is 0 Å². The lowest BCUT2D eigenvalue weighted by Gasteiger charge is -2.29. The fraction of sp³-hybridized carbons (Fsp3) is 0.500. The molecule has 0 bridgehead atoms. The second-order valence-electron chi connectivity index (χ2n) is 5.54. The van der Waals surface area contributed by atoms with Crippen molar-refractivity contribution >= 4 is 0 Å². The van der Waals surface area contributed by atoms with E-state index in [0.717, 1.165) is 24.4 Å². The third kappa shape index (κ3) is 2.16. The van der Waals surface area contributed by atoms with E-state index in [1.165, 1.54) is 24.9 Å². The van der Waals surface area contributed by atoms with Crippen LogP contribution in [0.3, 0.4) is 0 Å². The molecule has 1 aliphatic heterocycles. The smallest absolute Gasteiger partial charge is 0.0237 e. The molecular weight excluding hydrogens is 206 g/mol. The van der Waals surface area contributed by atoms with E-state index in [9.17, 15) is 0 Å². The van der Waals surface area contributed by atoms with Gasteiger partial charge in [0.1, 0.15) is 0 Å². The summed E-state index contributed by atoms with van der Waals surface area (Å²) in [5.74, 6) is 1.62. The van der Waals surface area contributed by atoms with Gasteiger partial charge in [-0.1, -0.05) is 49.4 Å². The molecule has 0 spiro atoms. The number of nitrogens with zero attached hydrogens (tertiary/aromatic N) is 1. The molecule has 0 radical (unpaired) electrons. The van der Waals surface area contributed by atoms with Crippen LogP contribution in [0.4, 0.5) is 0 Å². The summed E-state index contributed by atoms with van der Waals surface area (Å²) in [6, 6.07) is 11.7. The second-order valence-corrected chi connectivity index (χ2v) is 5.54. The van der Waals surface area contributed by atoms with Crippen molar-refractivity contribution in [2.24, 2.45) is 11.8 Å². The minimum absolute atomic E-state index is 0.787. The average Bonchev–Trinajstić information content (AvgIpc) is 2.69. The van der Waals surface area contributed by atoms with Gasteiger partial charge in [-0.15, -0.1) is 0 Å². The number of hydrogen-bond donors (Lipinski definition) is 0. The van der Waals surface area contributed by atoms with Crippen molar-refractivity contribution in [2.45, 2.75) is 32.4 Å². The molecule has 3 atom stereocenters. The van der Waals surface area contributed by atoms with Gasteiger partial charge in [0.15, 0.2) is 0 Å². The predicted octanol–water partition coefficient (Wildman–Crippen LogP) is 3.47. The van der Waals surface area contributed by atoms with Gasteiger partial charge in [-0.3, -0.25) is 4.90 Å². The fourth-order valence-electron chi connectivity index (χ4n) is 3.46. The maximum absolute atomic E-state index is 2.69. The third-order valence-corrected chi connectivity index (χ3v) is 4.31. The molecule has 1 aliphatic carbocycles. The Hall–Kier alpha value is -1.08. The molecule has 1 fully saturated rings. The Bertz CT molecular complexity index is 395. The van der Waals surface area contributed by atoms with Crippen molar-refractivity contribution in [3.63, 3.8) is 0 Å². The van der Waals surface area contributed by atoms with E-state index < -0.39 is 0 Å². The van der Waals surface area contributed by atoms with Crippen LogP contribution in [-0.4, -0.2) is 17.5 Å². The van der Waals surface area contributed by atoms with E-state index in [2.05, 4.69) is 54.3 Å². The van der Waals surface area contributed by atoms with Crippen molar-refractivity contribution in [3.05, 3.63) is 48.0 Å². The maximum Gasteiger partial charge on any atom is 0.0237 e. The van der Waals surface area contributed by atoms with E-state index in [4.69, 9.17) is 0 Å². The zero-order valence-electron chi connectivity index (χ0n) is 10.5. The quantitative estimate of drug-likeness (QED) is 0.699. The number of allylic oxidation sites excluding steroid dienone is 1. The van der Waals surface area contributed by atoms with Crippen LogP contribution in [0.15, 0.2) is 42.5 Å². The Labute approximate surface area is 104 Å². The summed E-state index contributed by atoms with van der Waals surface area (Å²) in [4.78, 5) is 2.69. The lowest BCUT2D eigenvalue weighted by Crippen LogP contribution is -2.32. The van der Waals surface area contributed by atoms with Crippen LogP contribution in [0.2, 0.25) is 0 Å². The van der Waals surface area contributed by atoms with Gasteiger partial charge < -0.3 is 0 Å². The van der Waals surface area contributed by atoms with E-state index >= 15 is 0 Å². The largest absolute Gasteiger partial charge is 0.295 e. The normalized spacial score (nSPS) is 32.6. The van der Waals surface area contributed by atoms with E-state index in [0.29, 0.717) is 0 Å². The highest BCUT2D eigenvalue weighted by atomic mass is 15.2. The number of fused-ring (bicyclic) bond motifs is 1. The van der Waals surface area contributed by atoms with E-state index in [1.54, 1.807) is 0 Å². The Morgan fingerprint density at radius 1 is 1.24 bits per heavy atom. The van der Waals surface area contributed by atoms with Gasteiger partial charge in [-0.2, -0.15) is 0 Å². The first-order chi connectivity index (χ1) is 8.34. The van der Waals surface area contributed by atoms with Crippen molar-refractivity contribution in [1.82, 2.24) is 4.90 Å². The standard InChI is InChI=1S/C16H21N/c1-13-11-17(12-14-7-3-2-4-8-14)16-10-6-5-9-15(13)16/h2-5,7-9,13,15-16H,6,10-12H2,1H3/t13-,15-,16-/m1/s1. The monoisotopic (exact) mass is 227 g/mol. The highest BCUT2D eigenvalue weighted by molar-refractivity contribution is 5.16. The maximum atomic E-state index is 2.69. The molecular formula is C16H21N. The summed E-state index contributed by atoms with van der Waals surface area (Å²) in [6.07, 6.45) is 7.45. The van der Waals surface area contributed by atoms with Crippen LogP contribution < -0.4 is 0 Å². The summed E-state index contributed by atoms with van der Waals surface area (Å²) in [7, 11) is 0. The van der Waals surface area contributed by atoms with Crippen LogP contribution in [0.25, 0.3) is 0 Å². The van der Waals surface area contributed by atoms with Gasteiger partial charge in [0.2, 0.25) is 0 Å². The van der Waals surface area contributed by atoms with Crippen LogP contribution in [0.1, 0.15) is 25.3 Å². The first kappa shape index (κ1) is 11.0. The first-order valence-electron chi connectivity index (χ1n) is 6.79. The Kier molecular flexibility index (Phi) is 3.02. The number of likely N-dealkylation sites (tertiary alicyclic amines) is 1. The SMILES string of the molecule is C[C@@H]1CN(Cc2ccccc2)[C@@H]2CCC=C[C@H]12. The van der Waals surface area contributed by atoms with Crippen molar-refractivity contribution < 1.29 is 0 Å². The van der Waals surface area contributed by atoms with Crippen LogP contribution in [0, 0.1) is 11.8 Å². The number of benzene rings is 1. The van der Waals surface area contributed by atoms with Gasteiger partial charge in [0, 0.05) is 19.1 Å². The summed E-state index contributed by atoms with van der Waals surface area (Å²) < 4.78 is 0. The van der Waals surface area contributed by atoms with Gasteiger partial charge in [0.05, 0.1) is 0 Å². The topological polar surface area (TPSA) is 3.24 Å². The van der Waals surface area contributed by atoms with E-state index in [-0.39, 0.29) is 0 Å². The summed E-state index contributed by atoms with van der Waals surface area (Å²) in [5, 5.41) is 0. The zero-order valence-corrected chi connectivity index (χ0v) is 10.5. The molecule has 17 heavy (non-hydrogen) atoms. The molecule has 1 saturated heterocycles. The van der Waals surface area contributed by atoms with Crippen molar-refractivity contribution in [3.8, 4) is 0 Å². The molecule has 0 saturated carbocycles. The molecule has 90 valence electrons. The molecule has 1 aromatic carbocycles. The van der Waals surface area contributed by atoms with Gasteiger partial charge in [-0.25, -0.2) is 0 Å². The summed E-state index contributed by atoms with van der Waals surface area (Å²) in [5.41, 5.74) is 1.45. The number of rotatable bonds is 2. The highest BCUT2D eigenvalue weighted by Crippen LogP contribution is 2.36. The van der Waals surface area contributed by atoms with Gasteiger partial charge in [-0.05, 0) is 30.2 Å². The van der Waals surface area contributed by atoms with Crippen molar-refractivity contribution in [1.29, 1.82) is 0 Å². The molecule has 3 rings (SSSR count). The molecule has 0 amide bonds. The van der Waals surface area contributed by atoms with Gasteiger partial charge >= 0.3 is 0 Å². The Morgan fingerprint density at radius 3 is 2.88 bits per heavy atom. The zero-order chi connectivity index (χ0) is 11.7. The minimum atomic E-state index is 0.787. The summed E-state index contributed by atoms with van der Waals surface area (Å²) in [6.45, 7) is 4.78. The molecule has 0 N–H and O–H groups in total. The summed E-state index contributed by atoms with van der Waals surface area (Å²) >= 11 is 0. The Balaban J connectivity index is 1.74. The third-order valence-electron chi connectivity index (χ3n) is 4.31. The molecule has 1 heteroatoms. The highest BCUT2D eigenvalue weighted by Gasteiger charge is 2.38. The molecule has 1 nitrogen and oxygen atoms in total. The van der Waals surface area contributed by atoms with Crippen molar-refractivity contribution in [2.75, 3.05) is 6.54 Å². The van der Waals surface area contributed by atoms with Crippen LogP contribution in [-0.2, 0) is 6.54 Å². The molecule has 1 aromatic rings. The first-order valence-corrected chi connectivity index (χ1v) is 6.79. The molecule has 0 unspecified atom stereocenters. The predicted molar refractivity (Wildman–Crippen MR) is 71.7 cm³/mol. The van der Waals surface area contributed by atoms with Crippen LogP contribution in [0.5, 0.6) is 0 Å². The molecule has 2 aliphatic rings. The minimum Gasteiger partial charge on any atom is -0.295 e. The number of hydrogen-bond acceptors (Lipinski definition) is 1. The lowest BCUT2D eigenvalue weighted by molar-refractivity contribution is 0.215. The molecule has 1 heterocycles. The Morgan fingerprint density at radius 2 is 2.06 bits per heavy atom. The van der Waals surface area contributed by atoms with E-state index in [1.807, 2.05) is 0 Å². The lowest BCUT2D eigenvalue weighted by atomic mass is 9.85.